The van der Waals surface area contributed by atoms with Crippen molar-refractivity contribution in [3.8, 4) is 0 Å². The number of hydrogen-bond acceptors (Lipinski definition) is 3. The van der Waals surface area contributed by atoms with Crippen LogP contribution in [-0.4, -0.2) is 34.2 Å². The number of hydrogen-bond donors (Lipinski definition) is 3. The van der Waals surface area contributed by atoms with Crippen LogP contribution in [0.4, 0.5) is 0 Å². The topological polar surface area (TPSA) is 68.4 Å². The number of nitrogens with zero attached hydrogens (tertiary/aromatic N) is 1. The molecule has 5 nitrogen and oxygen atoms in total. The third-order valence-corrected chi connectivity index (χ3v) is 6.45. The number of nitrogens with one attached hydrogen (secondary N) is 2. The zero-order valence-electron chi connectivity index (χ0n) is 17.9. The highest BCUT2D eigenvalue weighted by Gasteiger charge is 2.35. The summed E-state index contributed by atoms with van der Waals surface area (Å²) in [7, 11) is 0. The number of H-pyrrole nitrogens is 1. The first-order valence-electron chi connectivity index (χ1n) is 11.1. The average Bonchev–Trinajstić information content (AvgIpc) is 3.26. The lowest BCUT2D eigenvalue weighted by atomic mass is 9.83. The molecule has 5 rings (SSSR count). The highest BCUT2D eigenvalue weighted by Crippen LogP contribution is 2.36. The molecule has 0 saturated carbocycles. The molecular formula is C27H27N3O2. The number of amides is 1. The third kappa shape index (κ3) is 3.93. The van der Waals surface area contributed by atoms with Crippen LogP contribution in [0.1, 0.15) is 33.1 Å². The molecule has 32 heavy (non-hydrogen) atoms. The first kappa shape index (κ1) is 20.5. The molecule has 2 atom stereocenters. The molecule has 0 saturated heterocycles. The number of aromatic amines is 1. The Hall–Kier alpha value is -3.41. The summed E-state index contributed by atoms with van der Waals surface area (Å²) in [6, 6.07) is 25.8. The number of para-hydroxylation sites is 1. The van der Waals surface area contributed by atoms with Gasteiger partial charge in [-0.25, -0.2) is 5.01 Å². The maximum atomic E-state index is 13.0. The van der Waals surface area contributed by atoms with E-state index in [1.165, 1.54) is 22.1 Å². The van der Waals surface area contributed by atoms with Gasteiger partial charge >= 0.3 is 0 Å². The first-order chi connectivity index (χ1) is 15.7. The molecule has 0 aliphatic carbocycles. The summed E-state index contributed by atoms with van der Waals surface area (Å²) in [6.45, 7) is 0.723. The molecule has 0 unspecified atom stereocenters. The van der Waals surface area contributed by atoms with E-state index in [1.807, 2.05) is 59.7 Å². The number of fused-ring (bicyclic) bond motifs is 2. The van der Waals surface area contributed by atoms with Crippen LogP contribution in [0.3, 0.4) is 0 Å². The molecule has 3 aromatic carbocycles. The second-order valence-electron chi connectivity index (χ2n) is 8.40. The Morgan fingerprint density at radius 2 is 1.78 bits per heavy atom. The Morgan fingerprint density at radius 3 is 2.62 bits per heavy atom. The van der Waals surface area contributed by atoms with Gasteiger partial charge in [-0.15, -0.1) is 0 Å². The summed E-state index contributed by atoms with van der Waals surface area (Å²) in [5, 5.41) is 13.7. The van der Waals surface area contributed by atoms with Crippen LogP contribution in [0.15, 0.2) is 85.1 Å². The lowest BCUT2D eigenvalue weighted by Gasteiger charge is -2.41. The van der Waals surface area contributed by atoms with Crippen molar-refractivity contribution in [2.45, 2.75) is 18.9 Å². The highest BCUT2D eigenvalue weighted by atomic mass is 16.3. The van der Waals surface area contributed by atoms with Crippen molar-refractivity contribution >= 4 is 16.8 Å². The molecule has 0 bridgehead atoms. The smallest absolute Gasteiger partial charge is 0.265 e. The van der Waals surface area contributed by atoms with Crippen LogP contribution in [0.2, 0.25) is 0 Å². The Bertz CT molecular complexity index is 1220. The van der Waals surface area contributed by atoms with E-state index in [4.69, 9.17) is 0 Å². The zero-order valence-corrected chi connectivity index (χ0v) is 17.9. The van der Waals surface area contributed by atoms with E-state index >= 15 is 0 Å². The van der Waals surface area contributed by atoms with E-state index in [-0.39, 0.29) is 24.5 Å². The minimum absolute atomic E-state index is 0.0240. The molecule has 0 radical (unpaired) electrons. The van der Waals surface area contributed by atoms with Crippen LogP contribution in [0.5, 0.6) is 0 Å². The standard InChI is InChI=1S/C27H27N3O2/c31-18-22(16-21-17-28-25-13-7-6-11-23(21)25)26-24-12-5-4-8-19(24)14-15-30(26)29-27(32)20-9-2-1-3-10-20/h1-13,17,22,26,28,31H,14-16,18H2,(H,29,32)/t22-,26+/m1/s1. The Labute approximate surface area is 187 Å². The normalized spacial score (nSPS) is 17.1. The summed E-state index contributed by atoms with van der Waals surface area (Å²) in [5.74, 6) is -0.203. The van der Waals surface area contributed by atoms with Crippen molar-refractivity contribution in [2.24, 2.45) is 5.92 Å². The average molecular weight is 426 g/mol. The van der Waals surface area contributed by atoms with Crippen molar-refractivity contribution in [3.63, 3.8) is 0 Å². The van der Waals surface area contributed by atoms with E-state index in [0.29, 0.717) is 18.5 Å². The quantitative estimate of drug-likeness (QED) is 0.432. The molecule has 1 aromatic heterocycles. The van der Waals surface area contributed by atoms with Crippen LogP contribution >= 0.6 is 0 Å². The predicted octanol–water partition coefficient (Wildman–Crippen LogP) is 4.26. The van der Waals surface area contributed by atoms with Gasteiger partial charge in [0.25, 0.3) is 5.91 Å². The second kappa shape index (κ2) is 8.99. The van der Waals surface area contributed by atoms with E-state index in [1.54, 1.807) is 0 Å². The Morgan fingerprint density at radius 1 is 1.03 bits per heavy atom. The highest BCUT2D eigenvalue weighted by molar-refractivity contribution is 5.93. The van der Waals surface area contributed by atoms with Gasteiger partial charge in [-0.1, -0.05) is 60.7 Å². The third-order valence-electron chi connectivity index (χ3n) is 6.45. The molecule has 3 N–H and O–H groups in total. The van der Waals surface area contributed by atoms with Gasteiger partial charge in [-0.3, -0.25) is 10.2 Å². The minimum atomic E-state index is -0.126. The van der Waals surface area contributed by atoms with Crippen molar-refractivity contribution in [1.29, 1.82) is 0 Å². The number of carbonyl (C=O) groups excluding carboxylic acids is 1. The van der Waals surface area contributed by atoms with Crippen LogP contribution in [0, 0.1) is 5.92 Å². The summed E-state index contributed by atoms with van der Waals surface area (Å²) in [4.78, 5) is 16.3. The molecule has 0 spiro atoms. The van der Waals surface area contributed by atoms with E-state index in [2.05, 4.69) is 40.7 Å². The molecule has 1 aliphatic rings. The fraction of sp³-hybridized carbons (Fsp3) is 0.222. The monoisotopic (exact) mass is 425 g/mol. The Balaban J connectivity index is 1.48. The number of hydrazine groups is 1. The number of rotatable bonds is 6. The molecule has 5 heteroatoms. The van der Waals surface area contributed by atoms with Crippen molar-refractivity contribution in [3.05, 3.63) is 107 Å². The lowest BCUT2D eigenvalue weighted by molar-refractivity contribution is 0.0380. The molecule has 0 fully saturated rings. The number of aliphatic hydroxyl groups is 1. The molecule has 162 valence electrons. The van der Waals surface area contributed by atoms with E-state index in [0.717, 1.165) is 11.9 Å². The summed E-state index contributed by atoms with van der Waals surface area (Å²) >= 11 is 0. The van der Waals surface area contributed by atoms with Gasteiger partial charge in [-0.2, -0.15) is 0 Å². The van der Waals surface area contributed by atoms with Gasteiger partial charge in [-0.05, 0) is 47.7 Å². The summed E-state index contributed by atoms with van der Waals surface area (Å²) in [5.41, 5.74) is 8.48. The summed E-state index contributed by atoms with van der Waals surface area (Å²) < 4.78 is 0. The summed E-state index contributed by atoms with van der Waals surface area (Å²) in [6.07, 6.45) is 3.60. The molecule has 1 aliphatic heterocycles. The van der Waals surface area contributed by atoms with Gasteiger partial charge < -0.3 is 10.1 Å². The van der Waals surface area contributed by atoms with Crippen LogP contribution in [-0.2, 0) is 12.8 Å². The number of aliphatic hydroxyl groups excluding tert-OH is 1. The van der Waals surface area contributed by atoms with Crippen molar-refractivity contribution in [2.75, 3.05) is 13.2 Å². The van der Waals surface area contributed by atoms with Crippen molar-refractivity contribution < 1.29 is 9.90 Å². The van der Waals surface area contributed by atoms with E-state index < -0.39 is 0 Å². The SMILES string of the molecule is O=C(NN1CCc2ccccc2[C@@H]1[C@@H](CO)Cc1c[nH]c2ccccc12)c1ccccc1. The fourth-order valence-corrected chi connectivity index (χ4v) is 4.88. The number of carbonyl (C=O) groups is 1. The van der Waals surface area contributed by atoms with Gasteiger partial charge in [0.2, 0.25) is 0 Å². The van der Waals surface area contributed by atoms with Gasteiger partial charge in [0.05, 0.1) is 6.04 Å². The fourth-order valence-electron chi connectivity index (χ4n) is 4.88. The van der Waals surface area contributed by atoms with Gasteiger partial charge in [0.15, 0.2) is 0 Å². The predicted molar refractivity (Wildman–Crippen MR) is 126 cm³/mol. The molecular weight excluding hydrogens is 398 g/mol. The lowest BCUT2D eigenvalue weighted by Crippen LogP contribution is -2.50. The molecule has 4 aromatic rings. The maximum Gasteiger partial charge on any atom is 0.265 e. The molecule has 1 amide bonds. The van der Waals surface area contributed by atoms with E-state index in [9.17, 15) is 9.90 Å². The van der Waals surface area contributed by atoms with Gasteiger partial charge in [0, 0.05) is 41.7 Å². The minimum Gasteiger partial charge on any atom is -0.396 e. The molecule has 2 heterocycles. The number of benzene rings is 3. The zero-order chi connectivity index (χ0) is 21.9. The Kier molecular flexibility index (Phi) is 5.75. The van der Waals surface area contributed by atoms with Crippen LogP contribution < -0.4 is 5.43 Å². The maximum absolute atomic E-state index is 13.0. The first-order valence-corrected chi connectivity index (χ1v) is 11.1. The largest absolute Gasteiger partial charge is 0.396 e. The van der Waals surface area contributed by atoms with Gasteiger partial charge in [0.1, 0.15) is 0 Å². The number of aromatic nitrogens is 1. The van der Waals surface area contributed by atoms with Crippen LogP contribution in [0.25, 0.3) is 10.9 Å². The second-order valence-corrected chi connectivity index (χ2v) is 8.40. The van der Waals surface area contributed by atoms with Crippen molar-refractivity contribution in [1.82, 2.24) is 15.4 Å².